The Labute approximate surface area is 195 Å². The van der Waals surface area contributed by atoms with Crippen molar-refractivity contribution >= 4 is 23.3 Å². The first-order valence-electron chi connectivity index (χ1n) is 12.1. The number of hydrogen-bond acceptors (Lipinski definition) is 5. The predicted octanol–water partition coefficient (Wildman–Crippen LogP) is 4.84. The number of nitrogens with zero attached hydrogens (tertiary/aromatic N) is 2. The topological polar surface area (TPSA) is 70.1 Å². The molecule has 0 spiro atoms. The third kappa shape index (κ3) is 4.43. The molecule has 0 aromatic heterocycles. The minimum atomic E-state index is -0.852. The van der Waals surface area contributed by atoms with Gasteiger partial charge in [-0.05, 0) is 98.9 Å². The van der Waals surface area contributed by atoms with Crippen molar-refractivity contribution < 1.29 is 19.4 Å². The number of benzene rings is 2. The van der Waals surface area contributed by atoms with E-state index in [9.17, 15) is 9.59 Å². The highest BCUT2D eigenvalue weighted by atomic mass is 16.5. The number of ether oxygens (including phenoxy) is 1. The quantitative estimate of drug-likeness (QED) is 0.676. The summed E-state index contributed by atoms with van der Waals surface area (Å²) in [5.41, 5.74) is 3.41. The van der Waals surface area contributed by atoms with Crippen molar-refractivity contribution in [2.45, 2.75) is 50.6 Å². The fraction of sp³-hybridized carbons (Fsp3) is 0.481. The summed E-state index contributed by atoms with van der Waals surface area (Å²) in [7, 11) is 1.41. The second kappa shape index (κ2) is 9.08. The lowest BCUT2D eigenvalue weighted by atomic mass is 10.1. The van der Waals surface area contributed by atoms with Crippen LogP contribution in [0.4, 0.5) is 11.4 Å². The number of carboxylic acids is 1. The molecule has 6 heteroatoms. The van der Waals surface area contributed by atoms with Gasteiger partial charge >= 0.3 is 11.9 Å². The normalized spacial score (nSPS) is 26.8. The number of rotatable bonds is 4. The number of carboxylic acid groups (broad SMARTS) is 1. The Bertz CT molecular complexity index is 1000. The average Bonchev–Trinajstić information content (AvgIpc) is 3.66. The average molecular weight is 449 g/mol. The van der Waals surface area contributed by atoms with E-state index in [4.69, 9.17) is 9.84 Å². The van der Waals surface area contributed by atoms with Crippen molar-refractivity contribution in [3.63, 3.8) is 0 Å². The number of carbonyl (C=O) groups excluding carboxylic acids is 1. The zero-order valence-corrected chi connectivity index (χ0v) is 19.2. The van der Waals surface area contributed by atoms with Crippen LogP contribution in [0.25, 0.3) is 0 Å². The van der Waals surface area contributed by atoms with E-state index < -0.39 is 5.97 Å². The van der Waals surface area contributed by atoms with Gasteiger partial charge in [-0.15, -0.1) is 0 Å². The monoisotopic (exact) mass is 448 g/mol. The number of methoxy groups -OCH3 is 1. The molecule has 2 aliphatic heterocycles. The van der Waals surface area contributed by atoms with Gasteiger partial charge in [0.25, 0.3) is 0 Å². The van der Waals surface area contributed by atoms with Crippen LogP contribution in [-0.2, 0) is 4.74 Å². The first kappa shape index (κ1) is 21.8. The Kier molecular flexibility index (Phi) is 6.00. The lowest BCUT2D eigenvalue weighted by molar-refractivity contribution is 0.0600. The van der Waals surface area contributed by atoms with E-state index in [1.165, 1.54) is 63.6 Å². The fourth-order valence-electron chi connectivity index (χ4n) is 6.18. The molecule has 2 saturated carbocycles. The summed E-state index contributed by atoms with van der Waals surface area (Å²) in [5, 5.41) is 8.83. The Morgan fingerprint density at radius 1 is 0.758 bits per heavy atom. The van der Waals surface area contributed by atoms with Crippen LogP contribution in [0.3, 0.4) is 0 Å². The van der Waals surface area contributed by atoms with E-state index in [-0.39, 0.29) is 5.97 Å². The maximum absolute atomic E-state index is 11.3. The molecule has 2 aromatic rings. The zero-order valence-electron chi connectivity index (χ0n) is 19.2. The highest BCUT2D eigenvalue weighted by Crippen LogP contribution is 2.41. The van der Waals surface area contributed by atoms with Gasteiger partial charge in [0, 0.05) is 36.5 Å². The summed E-state index contributed by atoms with van der Waals surface area (Å²) >= 11 is 0. The predicted molar refractivity (Wildman–Crippen MR) is 128 cm³/mol. The summed E-state index contributed by atoms with van der Waals surface area (Å²) in [5.74, 6) is 0.637. The fourth-order valence-corrected chi connectivity index (χ4v) is 6.18. The molecule has 4 unspecified atom stereocenters. The van der Waals surface area contributed by atoms with Gasteiger partial charge in [-0.2, -0.15) is 0 Å². The molecule has 6 rings (SSSR count). The molecule has 4 aliphatic rings. The van der Waals surface area contributed by atoms with Gasteiger partial charge in [0.2, 0.25) is 0 Å². The van der Waals surface area contributed by atoms with E-state index in [1.54, 1.807) is 12.1 Å². The molecule has 4 bridgehead atoms. The van der Waals surface area contributed by atoms with E-state index in [0.717, 1.165) is 24.4 Å². The Morgan fingerprint density at radius 3 is 1.55 bits per heavy atom. The molecule has 2 aromatic carbocycles. The number of aromatic carboxylic acids is 1. The highest BCUT2D eigenvalue weighted by molar-refractivity contribution is 5.89. The highest BCUT2D eigenvalue weighted by Gasteiger charge is 2.38. The lowest BCUT2D eigenvalue weighted by Gasteiger charge is -2.29. The Balaban J connectivity index is 0.000000139. The van der Waals surface area contributed by atoms with Gasteiger partial charge in [-0.3, -0.25) is 0 Å². The summed E-state index contributed by atoms with van der Waals surface area (Å²) in [6, 6.07) is 16.5. The van der Waals surface area contributed by atoms with Gasteiger partial charge in [0.15, 0.2) is 0 Å². The van der Waals surface area contributed by atoms with E-state index in [1.807, 2.05) is 36.4 Å². The lowest BCUT2D eigenvalue weighted by Crippen LogP contribution is -2.31. The maximum Gasteiger partial charge on any atom is 0.337 e. The zero-order chi connectivity index (χ0) is 22.9. The molecule has 174 valence electrons. The van der Waals surface area contributed by atoms with Gasteiger partial charge in [0.1, 0.15) is 0 Å². The van der Waals surface area contributed by atoms with Crippen molar-refractivity contribution in [3.05, 3.63) is 59.7 Å². The van der Waals surface area contributed by atoms with E-state index in [0.29, 0.717) is 17.2 Å². The van der Waals surface area contributed by atoms with Crippen molar-refractivity contribution in [2.24, 2.45) is 11.8 Å². The third-order valence-electron chi connectivity index (χ3n) is 7.88. The van der Waals surface area contributed by atoms with Crippen molar-refractivity contribution in [1.82, 2.24) is 0 Å². The van der Waals surface area contributed by atoms with Gasteiger partial charge < -0.3 is 19.6 Å². The first-order chi connectivity index (χ1) is 16.0. The number of piperidine rings is 2. The molecule has 0 amide bonds. The standard InChI is InChI=1S/C14H17NO2.C13H15NO2/c1-17-14(16)11-3-6-12(7-4-11)15-9-10-2-5-13(15)8-10;15-13(16)10-2-5-11(6-3-10)14-8-9-1-4-12(14)7-9/h3-4,6-7,10,13H,2,5,8-9H2,1H3;2-3,5-6,9,12H,1,4,7-8H2,(H,15,16). The minimum absolute atomic E-state index is 0.264. The summed E-state index contributed by atoms with van der Waals surface area (Å²) in [4.78, 5) is 27.0. The first-order valence-corrected chi connectivity index (χ1v) is 12.1. The maximum atomic E-state index is 11.3. The van der Waals surface area contributed by atoms with Crippen molar-refractivity contribution in [2.75, 3.05) is 30.0 Å². The molecule has 2 saturated heterocycles. The van der Waals surface area contributed by atoms with Crippen molar-refractivity contribution in [1.29, 1.82) is 0 Å². The van der Waals surface area contributed by atoms with Crippen LogP contribution in [0.5, 0.6) is 0 Å². The second-order valence-electron chi connectivity index (χ2n) is 9.86. The molecule has 2 aliphatic carbocycles. The molecule has 4 fully saturated rings. The SMILES string of the molecule is COC(=O)c1ccc(N2CC3CCC2C3)cc1.O=C(O)c1ccc(N2CC3CCC2C3)cc1. The number of esters is 1. The Hall–Kier alpha value is -3.02. The molecule has 6 nitrogen and oxygen atoms in total. The van der Waals surface area contributed by atoms with Crippen LogP contribution in [-0.4, -0.2) is 49.3 Å². The number of fused-ring (bicyclic) bond motifs is 4. The smallest absolute Gasteiger partial charge is 0.337 e. The number of anilines is 2. The van der Waals surface area contributed by atoms with Crippen LogP contribution in [0, 0.1) is 11.8 Å². The number of hydrogen-bond donors (Lipinski definition) is 1. The van der Waals surface area contributed by atoms with E-state index >= 15 is 0 Å². The Morgan fingerprint density at radius 2 is 1.21 bits per heavy atom. The molecule has 2 heterocycles. The van der Waals surface area contributed by atoms with Crippen LogP contribution >= 0.6 is 0 Å². The van der Waals surface area contributed by atoms with Crippen LogP contribution in [0.1, 0.15) is 59.2 Å². The third-order valence-corrected chi connectivity index (χ3v) is 7.88. The van der Waals surface area contributed by atoms with E-state index in [2.05, 4.69) is 9.80 Å². The molecule has 1 N–H and O–H groups in total. The second-order valence-corrected chi connectivity index (χ2v) is 9.86. The molecule has 0 radical (unpaired) electrons. The van der Waals surface area contributed by atoms with Crippen molar-refractivity contribution in [3.8, 4) is 0 Å². The van der Waals surface area contributed by atoms with Crippen LogP contribution < -0.4 is 9.80 Å². The number of carbonyl (C=O) groups is 2. The minimum Gasteiger partial charge on any atom is -0.478 e. The molecule has 33 heavy (non-hydrogen) atoms. The van der Waals surface area contributed by atoms with Crippen LogP contribution in [0.2, 0.25) is 0 Å². The van der Waals surface area contributed by atoms with Gasteiger partial charge in [0.05, 0.1) is 18.2 Å². The molecular weight excluding hydrogens is 416 g/mol. The molecule has 4 atom stereocenters. The largest absolute Gasteiger partial charge is 0.478 e. The summed E-state index contributed by atoms with van der Waals surface area (Å²) in [6.45, 7) is 2.33. The summed E-state index contributed by atoms with van der Waals surface area (Å²) < 4.78 is 4.70. The summed E-state index contributed by atoms with van der Waals surface area (Å²) in [6.07, 6.45) is 8.05. The van der Waals surface area contributed by atoms with Crippen LogP contribution in [0.15, 0.2) is 48.5 Å². The van der Waals surface area contributed by atoms with Gasteiger partial charge in [-0.25, -0.2) is 9.59 Å². The van der Waals surface area contributed by atoms with Gasteiger partial charge in [-0.1, -0.05) is 0 Å². The molecular formula is C27H32N2O4.